The van der Waals surface area contributed by atoms with Gasteiger partial charge in [0.1, 0.15) is 5.82 Å². The zero-order chi connectivity index (χ0) is 23.4. The number of hydrogen-bond acceptors (Lipinski definition) is 5. The molecular formula is C24H23F3N4OS. The van der Waals surface area contributed by atoms with Crippen molar-refractivity contribution in [3.63, 3.8) is 0 Å². The fourth-order valence-corrected chi connectivity index (χ4v) is 3.96. The van der Waals surface area contributed by atoms with Gasteiger partial charge in [-0.3, -0.25) is 4.79 Å². The zero-order valence-electron chi connectivity index (χ0n) is 18.0. The Hall–Kier alpha value is -3.07. The van der Waals surface area contributed by atoms with Crippen molar-refractivity contribution in [1.82, 2.24) is 15.3 Å². The molecule has 1 fully saturated rings. The van der Waals surface area contributed by atoms with E-state index in [2.05, 4.69) is 15.3 Å². The monoisotopic (exact) mass is 472 g/mol. The van der Waals surface area contributed by atoms with E-state index in [1.807, 2.05) is 30.3 Å². The van der Waals surface area contributed by atoms with E-state index in [0.717, 1.165) is 41.8 Å². The van der Waals surface area contributed by atoms with Gasteiger partial charge in [-0.15, -0.1) is 0 Å². The molecule has 0 aliphatic heterocycles. The van der Waals surface area contributed by atoms with E-state index in [0.29, 0.717) is 17.9 Å². The van der Waals surface area contributed by atoms with Crippen molar-refractivity contribution in [3.8, 4) is 0 Å². The van der Waals surface area contributed by atoms with E-state index in [-0.39, 0.29) is 22.9 Å². The highest BCUT2D eigenvalue weighted by atomic mass is 32.2. The van der Waals surface area contributed by atoms with Crippen LogP contribution in [0.5, 0.6) is 0 Å². The Morgan fingerprint density at radius 2 is 1.76 bits per heavy atom. The lowest BCUT2D eigenvalue weighted by molar-refractivity contribution is -0.141. The Morgan fingerprint density at radius 3 is 2.39 bits per heavy atom. The van der Waals surface area contributed by atoms with Crippen LogP contribution in [0.15, 0.2) is 65.8 Å². The Bertz CT molecular complexity index is 1100. The van der Waals surface area contributed by atoms with E-state index in [9.17, 15) is 18.0 Å². The second-order valence-corrected chi connectivity index (χ2v) is 8.91. The Kier molecular flexibility index (Phi) is 6.88. The summed E-state index contributed by atoms with van der Waals surface area (Å²) in [7, 11) is 1.70. The first-order valence-electron chi connectivity index (χ1n) is 10.5. The maximum absolute atomic E-state index is 13.5. The smallest absolute Gasteiger partial charge is 0.355 e. The van der Waals surface area contributed by atoms with Crippen LogP contribution in [0.3, 0.4) is 0 Å². The molecule has 1 aliphatic rings. The third-order valence-electron chi connectivity index (χ3n) is 5.13. The number of carbonyl (C=O) groups excluding carboxylic acids is 1. The molecule has 1 amide bonds. The van der Waals surface area contributed by atoms with E-state index in [4.69, 9.17) is 0 Å². The number of nitrogens with zero attached hydrogens (tertiary/aromatic N) is 3. The van der Waals surface area contributed by atoms with Gasteiger partial charge in [-0.25, -0.2) is 9.97 Å². The number of hydrogen-bond donors (Lipinski definition) is 1. The van der Waals surface area contributed by atoms with Crippen LogP contribution in [0.1, 0.15) is 40.0 Å². The van der Waals surface area contributed by atoms with Gasteiger partial charge in [0.05, 0.1) is 0 Å². The number of rotatable bonds is 8. The maximum Gasteiger partial charge on any atom is 0.433 e. The molecule has 0 spiro atoms. The highest BCUT2D eigenvalue weighted by Crippen LogP contribution is 2.32. The second-order valence-electron chi connectivity index (χ2n) is 7.97. The normalized spacial score (nSPS) is 13.6. The average Bonchev–Trinajstić information content (AvgIpc) is 3.62. The summed E-state index contributed by atoms with van der Waals surface area (Å²) in [6.07, 6.45) is -2.54. The van der Waals surface area contributed by atoms with Crippen LogP contribution >= 0.6 is 11.8 Å². The fourth-order valence-electron chi connectivity index (χ4n) is 3.15. The van der Waals surface area contributed by atoms with Gasteiger partial charge < -0.3 is 10.2 Å². The molecule has 9 heteroatoms. The molecule has 4 rings (SSSR count). The van der Waals surface area contributed by atoms with Crippen LogP contribution in [-0.4, -0.2) is 29.0 Å². The van der Waals surface area contributed by atoms with Gasteiger partial charge >= 0.3 is 6.18 Å². The van der Waals surface area contributed by atoms with Crippen LogP contribution in [0.2, 0.25) is 0 Å². The number of halogens is 3. The summed E-state index contributed by atoms with van der Waals surface area (Å²) in [4.78, 5) is 21.9. The van der Waals surface area contributed by atoms with Crippen LogP contribution in [0.4, 0.5) is 19.0 Å². The minimum Gasteiger partial charge on any atom is -0.355 e. The van der Waals surface area contributed by atoms with Crippen LogP contribution < -0.4 is 10.2 Å². The third-order valence-corrected chi connectivity index (χ3v) is 6.05. The Labute approximate surface area is 194 Å². The third kappa shape index (κ3) is 6.47. The van der Waals surface area contributed by atoms with E-state index < -0.39 is 11.9 Å². The molecule has 1 heterocycles. The summed E-state index contributed by atoms with van der Waals surface area (Å²) in [5, 5.41) is 2.98. The second kappa shape index (κ2) is 9.82. The molecule has 0 saturated heterocycles. The first kappa shape index (κ1) is 23.1. The molecule has 33 heavy (non-hydrogen) atoms. The van der Waals surface area contributed by atoms with Gasteiger partial charge in [-0.2, -0.15) is 13.2 Å². The van der Waals surface area contributed by atoms with Crippen LogP contribution in [0.25, 0.3) is 0 Å². The minimum atomic E-state index is -4.57. The fraction of sp³-hybridized carbons (Fsp3) is 0.292. The van der Waals surface area contributed by atoms with Crippen molar-refractivity contribution in [3.05, 3.63) is 83.0 Å². The van der Waals surface area contributed by atoms with Crippen molar-refractivity contribution in [2.24, 2.45) is 0 Å². The van der Waals surface area contributed by atoms with Crippen molar-refractivity contribution in [2.75, 3.05) is 11.9 Å². The zero-order valence-corrected chi connectivity index (χ0v) is 18.8. The molecule has 0 unspecified atom stereocenters. The van der Waals surface area contributed by atoms with Crippen molar-refractivity contribution < 1.29 is 18.0 Å². The number of nitrogens with one attached hydrogen (secondary N) is 1. The Balaban J connectivity index is 1.47. The first-order chi connectivity index (χ1) is 15.8. The molecular weight excluding hydrogens is 449 g/mol. The van der Waals surface area contributed by atoms with Gasteiger partial charge in [0, 0.05) is 37.0 Å². The van der Waals surface area contributed by atoms with Crippen molar-refractivity contribution >= 4 is 23.5 Å². The lowest BCUT2D eigenvalue weighted by Gasteiger charge is -2.20. The Morgan fingerprint density at radius 1 is 1.06 bits per heavy atom. The molecule has 3 aromatic rings. The summed E-state index contributed by atoms with van der Waals surface area (Å²) in [5.74, 6) is 0.480. The minimum absolute atomic E-state index is 0.0512. The summed E-state index contributed by atoms with van der Waals surface area (Å²) in [6.45, 7) is 0.420. The SMILES string of the molecule is CN(Cc1ccccc1)c1cc(C(F)(F)F)nc(SCc2ccc(C(=O)NC3CC3)cc2)n1. The van der Waals surface area contributed by atoms with Gasteiger partial charge in [0.2, 0.25) is 0 Å². The van der Waals surface area contributed by atoms with Gasteiger partial charge in [-0.05, 0) is 36.1 Å². The molecule has 1 saturated carbocycles. The molecule has 1 aromatic heterocycles. The maximum atomic E-state index is 13.5. The summed E-state index contributed by atoms with van der Waals surface area (Å²) < 4.78 is 40.4. The summed E-state index contributed by atoms with van der Waals surface area (Å²) in [6, 6.07) is 17.8. The molecule has 1 aliphatic carbocycles. The van der Waals surface area contributed by atoms with Gasteiger partial charge in [0.25, 0.3) is 5.91 Å². The number of aromatic nitrogens is 2. The number of carbonyl (C=O) groups is 1. The standard InChI is InChI=1S/C24H23F3N4OS/c1-31(14-16-5-3-2-4-6-16)21-13-20(24(25,26)27)29-23(30-21)33-15-17-7-9-18(10-8-17)22(32)28-19-11-12-19/h2-10,13,19H,11-12,14-15H2,1H3,(H,28,32). The molecule has 1 N–H and O–H groups in total. The lowest BCUT2D eigenvalue weighted by Crippen LogP contribution is -2.25. The number of thioether (sulfide) groups is 1. The van der Waals surface area contributed by atoms with Crippen molar-refractivity contribution in [2.45, 2.75) is 42.5 Å². The van der Waals surface area contributed by atoms with Crippen LogP contribution in [-0.2, 0) is 18.5 Å². The number of benzene rings is 2. The predicted octanol–water partition coefficient (Wildman–Crippen LogP) is 5.32. The van der Waals surface area contributed by atoms with E-state index in [1.165, 1.54) is 0 Å². The number of amides is 1. The summed E-state index contributed by atoms with van der Waals surface area (Å²) >= 11 is 1.13. The first-order valence-corrected chi connectivity index (χ1v) is 11.5. The molecule has 172 valence electrons. The quantitative estimate of drug-likeness (QED) is 0.355. The largest absolute Gasteiger partial charge is 0.433 e. The molecule has 5 nitrogen and oxygen atoms in total. The number of anilines is 1. The van der Waals surface area contributed by atoms with E-state index in [1.54, 1.807) is 36.2 Å². The summed E-state index contributed by atoms with van der Waals surface area (Å²) in [5.41, 5.74) is 1.42. The van der Waals surface area contributed by atoms with Crippen molar-refractivity contribution in [1.29, 1.82) is 0 Å². The topological polar surface area (TPSA) is 58.1 Å². The highest BCUT2D eigenvalue weighted by molar-refractivity contribution is 7.98. The molecule has 0 bridgehead atoms. The number of alkyl halides is 3. The molecule has 2 aromatic carbocycles. The molecule has 0 radical (unpaired) electrons. The van der Waals surface area contributed by atoms with E-state index >= 15 is 0 Å². The predicted molar refractivity (Wildman–Crippen MR) is 122 cm³/mol. The lowest BCUT2D eigenvalue weighted by atomic mass is 10.1. The van der Waals surface area contributed by atoms with Gasteiger partial charge in [0.15, 0.2) is 10.9 Å². The highest BCUT2D eigenvalue weighted by Gasteiger charge is 2.34. The molecule has 0 atom stereocenters. The van der Waals surface area contributed by atoms with Gasteiger partial charge in [-0.1, -0.05) is 54.2 Å². The average molecular weight is 473 g/mol. The van der Waals surface area contributed by atoms with Crippen LogP contribution in [0, 0.1) is 0 Å².